The molecule has 0 N–H and O–H groups in total. The second-order valence-corrected chi connectivity index (χ2v) is 5.11. The number of nitrogens with zero attached hydrogens (tertiary/aromatic N) is 4. The first-order chi connectivity index (χ1) is 10.8. The van der Waals surface area contributed by atoms with Gasteiger partial charge < -0.3 is 4.74 Å². The highest BCUT2D eigenvalue weighted by Crippen LogP contribution is 2.18. The second kappa shape index (κ2) is 8.90. The first kappa shape index (κ1) is 18.6. The first-order valence-corrected chi connectivity index (χ1v) is 6.99. The lowest BCUT2D eigenvalue weighted by atomic mass is 10.3. The van der Waals surface area contributed by atoms with Gasteiger partial charge in [-0.15, -0.1) is 0 Å². The van der Waals surface area contributed by atoms with Crippen LogP contribution in [0.25, 0.3) is 0 Å². The summed E-state index contributed by atoms with van der Waals surface area (Å²) in [5, 5.41) is 16.7. The Kier molecular flexibility index (Phi) is 7.22. The molecule has 0 saturated heterocycles. The molecule has 2 aromatic rings. The van der Waals surface area contributed by atoms with Crippen molar-refractivity contribution in [2.24, 2.45) is 0 Å². The molecule has 0 unspecified atom stereocenters. The zero-order valence-electron chi connectivity index (χ0n) is 11.4. The van der Waals surface area contributed by atoms with Crippen LogP contribution < -0.4 is 4.74 Å². The average Bonchev–Trinajstić information content (AvgIpc) is 2.53. The molecule has 0 saturated carbocycles. The van der Waals surface area contributed by atoms with E-state index in [0.717, 1.165) is 9.64 Å². The molecular formula is C14H8F3IN4O. The zero-order chi connectivity index (χ0) is 17.3. The van der Waals surface area contributed by atoms with E-state index >= 15 is 0 Å². The molecule has 0 aromatic carbocycles. The van der Waals surface area contributed by atoms with Crippen LogP contribution in [0.4, 0.5) is 13.2 Å². The van der Waals surface area contributed by atoms with E-state index in [1.807, 2.05) is 12.1 Å². The minimum atomic E-state index is -4.38. The summed E-state index contributed by atoms with van der Waals surface area (Å²) in [5.41, 5.74) is 0.492. The SMILES string of the molecule is N#Cc1cc(I)ccn1.N#Cc1cc(OCC(F)(F)F)ccn1. The Morgan fingerprint density at radius 3 is 2.09 bits per heavy atom. The van der Waals surface area contributed by atoms with Gasteiger partial charge in [-0.3, -0.25) is 0 Å². The van der Waals surface area contributed by atoms with Crippen LogP contribution >= 0.6 is 22.6 Å². The summed E-state index contributed by atoms with van der Waals surface area (Å²) >= 11 is 2.14. The molecule has 9 heteroatoms. The minimum Gasteiger partial charge on any atom is -0.484 e. The number of nitriles is 2. The summed E-state index contributed by atoms with van der Waals surface area (Å²) < 4.78 is 40.6. The van der Waals surface area contributed by atoms with E-state index in [4.69, 9.17) is 10.5 Å². The van der Waals surface area contributed by atoms with Crippen molar-refractivity contribution >= 4 is 22.6 Å². The van der Waals surface area contributed by atoms with Crippen LogP contribution in [0.2, 0.25) is 0 Å². The standard InChI is InChI=1S/C8H5F3N2O.C6H3IN2/c9-8(10,11)5-14-7-1-2-13-6(3-7)4-12;7-5-1-2-9-6(3-5)4-8/h1-3H,5H2;1-3H. The first-order valence-electron chi connectivity index (χ1n) is 5.91. The van der Waals surface area contributed by atoms with Crippen LogP contribution in [-0.4, -0.2) is 22.8 Å². The van der Waals surface area contributed by atoms with Gasteiger partial charge in [0.25, 0.3) is 0 Å². The quantitative estimate of drug-likeness (QED) is 0.680. The van der Waals surface area contributed by atoms with Crippen molar-refractivity contribution in [3.05, 3.63) is 51.6 Å². The largest absolute Gasteiger partial charge is 0.484 e. The van der Waals surface area contributed by atoms with Gasteiger partial charge in [-0.25, -0.2) is 9.97 Å². The van der Waals surface area contributed by atoms with Gasteiger partial charge in [0.2, 0.25) is 0 Å². The summed E-state index contributed by atoms with van der Waals surface area (Å²) in [6.07, 6.45) is -1.54. The van der Waals surface area contributed by atoms with Crippen molar-refractivity contribution in [2.75, 3.05) is 6.61 Å². The molecule has 23 heavy (non-hydrogen) atoms. The molecule has 0 spiro atoms. The van der Waals surface area contributed by atoms with E-state index in [9.17, 15) is 13.2 Å². The van der Waals surface area contributed by atoms with Gasteiger partial charge in [-0.2, -0.15) is 23.7 Å². The van der Waals surface area contributed by atoms with Crippen molar-refractivity contribution in [1.82, 2.24) is 9.97 Å². The van der Waals surface area contributed by atoms with Crippen LogP contribution in [0.1, 0.15) is 11.4 Å². The van der Waals surface area contributed by atoms with Crippen LogP contribution in [0.5, 0.6) is 5.75 Å². The number of halogens is 4. The Morgan fingerprint density at radius 2 is 1.61 bits per heavy atom. The Balaban J connectivity index is 0.000000253. The highest BCUT2D eigenvalue weighted by molar-refractivity contribution is 14.1. The molecule has 0 fully saturated rings. The summed E-state index contributed by atoms with van der Waals surface area (Å²) in [7, 11) is 0. The highest BCUT2D eigenvalue weighted by Gasteiger charge is 2.28. The molecule has 0 amide bonds. The number of pyridine rings is 2. The number of rotatable bonds is 2. The van der Waals surface area contributed by atoms with E-state index in [2.05, 4.69) is 37.3 Å². The molecule has 2 heterocycles. The van der Waals surface area contributed by atoms with Crippen LogP contribution in [-0.2, 0) is 0 Å². The lowest BCUT2D eigenvalue weighted by molar-refractivity contribution is -0.153. The third-order valence-corrected chi connectivity index (χ3v) is 2.76. The molecule has 2 rings (SSSR count). The Bertz CT molecular complexity index is 738. The molecule has 0 aliphatic carbocycles. The van der Waals surface area contributed by atoms with E-state index < -0.39 is 12.8 Å². The predicted octanol–water partition coefficient (Wildman–Crippen LogP) is 3.45. The maximum absolute atomic E-state index is 11.7. The zero-order valence-corrected chi connectivity index (χ0v) is 13.5. The number of ether oxygens (including phenoxy) is 1. The van der Waals surface area contributed by atoms with Crippen molar-refractivity contribution in [3.63, 3.8) is 0 Å². The average molecular weight is 432 g/mol. The molecular weight excluding hydrogens is 424 g/mol. The Labute approximate surface area is 143 Å². The van der Waals surface area contributed by atoms with Crippen molar-refractivity contribution in [2.45, 2.75) is 6.18 Å². The van der Waals surface area contributed by atoms with Gasteiger partial charge in [0.15, 0.2) is 6.61 Å². The lowest BCUT2D eigenvalue weighted by Gasteiger charge is -2.08. The Hall–Kier alpha value is -2.40. The second-order valence-electron chi connectivity index (χ2n) is 3.86. The summed E-state index contributed by atoms with van der Waals surface area (Å²) in [4.78, 5) is 7.37. The van der Waals surface area contributed by atoms with Crippen LogP contribution in [0, 0.1) is 26.2 Å². The number of aromatic nitrogens is 2. The van der Waals surface area contributed by atoms with E-state index in [0.29, 0.717) is 5.69 Å². The van der Waals surface area contributed by atoms with Gasteiger partial charge in [-0.1, -0.05) is 0 Å². The summed E-state index contributed by atoms with van der Waals surface area (Å²) in [5.74, 6) is -0.0196. The number of alkyl halides is 3. The molecule has 0 radical (unpaired) electrons. The monoisotopic (exact) mass is 432 g/mol. The predicted molar refractivity (Wildman–Crippen MR) is 82.2 cm³/mol. The smallest absolute Gasteiger partial charge is 0.422 e. The minimum absolute atomic E-state index is 0.0182. The summed E-state index contributed by atoms with van der Waals surface area (Å²) in [6, 6.07) is 9.63. The lowest BCUT2D eigenvalue weighted by Crippen LogP contribution is -2.19. The third-order valence-electron chi connectivity index (χ3n) is 2.08. The highest BCUT2D eigenvalue weighted by atomic mass is 127. The molecule has 0 aliphatic rings. The van der Waals surface area contributed by atoms with Gasteiger partial charge >= 0.3 is 6.18 Å². The van der Waals surface area contributed by atoms with E-state index in [-0.39, 0.29) is 11.4 Å². The topological polar surface area (TPSA) is 82.6 Å². The van der Waals surface area contributed by atoms with Gasteiger partial charge in [0.05, 0.1) is 0 Å². The fourth-order valence-corrected chi connectivity index (χ4v) is 1.65. The molecule has 0 atom stereocenters. The Morgan fingerprint density at radius 1 is 1.04 bits per heavy atom. The van der Waals surface area contributed by atoms with Crippen molar-refractivity contribution in [3.8, 4) is 17.9 Å². The van der Waals surface area contributed by atoms with Crippen LogP contribution in [0.15, 0.2) is 36.7 Å². The van der Waals surface area contributed by atoms with Gasteiger partial charge in [0, 0.05) is 22.0 Å². The van der Waals surface area contributed by atoms with E-state index in [1.54, 1.807) is 18.3 Å². The molecule has 0 aliphatic heterocycles. The molecule has 2 aromatic heterocycles. The van der Waals surface area contributed by atoms with Gasteiger partial charge in [0.1, 0.15) is 29.3 Å². The van der Waals surface area contributed by atoms with E-state index in [1.165, 1.54) is 12.3 Å². The van der Waals surface area contributed by atoms with Gasteiger partial charge in [-0.05, 0) is 40.8 Å². The third kappa shape index (κ3) is 7.97. The molecule has 5 nitrogen and oxygen atoms in total. The van der Waals surface area contributed by atoms with Crippen molar-refractivity contribution in [1.29, 1.82) is 10.5 Å². The molecule has 118 valence electrons. The maximum Gasteiger partial charge on any atom is 0.422 e. The maximum atomic E-state index is 11.7. The van der Waals surface area contributed by atoms with Crippen molar-refractivity contribution < 1.29 is 17.9 Å². The fraction of sp³-hybridized carbons (Fsp3) is 0.143. The summed E-state index contributed by atoms with van der Waals surface area (Å²) in [6.45, 7) is -1.37. The fourth-order valence-electron chi connectivity index (χ4n) is 1.19. The van der Waals surface area contributed by atoms with Crippen LogP contribution in [0.3, 0.4) is 0 Å². The normalized spacial score (nSPS) is 9.83. The number of hydrogen-bond donors (Lipinski definition) is 0. The molecule has 0 bridgehead atoms. The number of hydrogen-bond acceptors (Lipinski definition) is 5.